The molecule has 25 heavy (non-hydrogen) atoms. The molecule has 1 heterocycles. The summed E-state index contributed by atoms with van der Waals surface area (Å²) in [5, 5.41) is 11.2. The number of aromatic nitrogens is 2. The minimum atomic E-state index is -4.57. The van der Waals surface area contributed by atoms with E-state index in [0.717, 1.165) is 35.1 Å². The van der Waals surface area contributed by atoms with Crippen LogP contribution in [0.1, 0.15) is 15.9 Å². The van der Waals surface area contributed by atoms with E-state index in [4.69, 9.17) is 5.73 Å². The lowest BCUT2D eigenvalue weighted by Gasteiger charge is -2.10. The molecule has 1 amide bonds. The highest BCUT2D eigenvalue weighted by Gasteiger charge is 2.33. The molecule has 3 rings (SSSR count). The van der Waals surface area contributed by atoms with E-state index >= 15 is 0 Å². The Balaban J connectivity index is 1.77. The van der Waals surface area contributed by atoms with Crippen LogP contribution in [0, 0.1) is 0 Å². The SMILES string of the molecule is Nc1cc(C(=O)Nc2nnc(-c3ccccc3)s2)ccc1C(F)(F)F. The number of nitrogen functional groups attached to an aromatic ring is 1. The number of hydrogen-bond donors (Lipinski definition) is 2. The Bertz CT molecular complexity index is 909. The van der Waals surface area contributed by atoms with Crippen molar-refractivity contribution < 1.29 is 18.0 Å². The summed E-state index contributed by atoms with van der Waals surface area (Å²) in [6, 6.07) is 12.1. The van der Waals surface area contributed by atoms with Gasteiger partial charge in [-0.15, -0.1) is 10.2 Å². The van der Waals surface area contributed by atoms with E-state index in [1.165, 1.54) is 0 Å². The molecule has 0 aliphatic carbocycles. The first kappa shape index (κ1) is 16.9. The van der Waals surface area contributed by atoms with E-state index in [0.29, 0.717) is 5.01 Å². The Hall–Kier alpha value is -2.94. The molecule has 3 N–H and O–H groups in total. The summed E-state index contributed by atoms with van der Waals surface area (Å²) in [5.74, 6) is -0.615. The number of anilines is 2. The van der Waals surface area contributed by atoms with E-state index < -0.39 is 23.3 Å². The number of rotatable bonds is 3. The van der Waals surface area contributed by atoms with Crippen LogP contribution in [0.25, 0.3) is 10.6 Å². The molecule has 0 atom stereocenters. The summed E-state index contributed by atoms with van der Waals surface area (Å²) < 4.78 is 38.1. The Kier molecular flexibility index (Phi) is 4.41. The molecule has 0 spiro atoms. The summed E-state index contributed by atoms with van der Waals surface area (Å²) in [6.07, 6.45) is -4.57. The van der Waals surface area contributed by atoms with Gasteiger partial charge in [-0.3, -0.25) is 10.1 Å². The second kappa shape index (κ2) is 6.52. The van der Waals surface area contributed by atoms with Crippen LogP contribution in [-0.2, 0) is 6.18 Å². The van der Waals surface area contributed by atoms with Gasteiger partial charge in [-0.25, -0.2) is 0 Å². The van der Waals surface area contributed by atoms with E-state index in [1.807, 2.05) is 30.3 Å². The van der Waals surface area contributed by atoms with Gasteiger partial charge in [0.1, 0.15) is 5.01 Å². The maximum absolute atomic E-state index is 12.7. The summed E-state index contributed by atoms with van der Waals surface area (Å²) in [6.45, 7) is 0. The molecule has 1 aromatic heterocycles. The number of nitrogens with two attached hydrogens (primary N) is 1. The van der Waals surface area contributed by atoms with Crippen LogP contribution in [-0.4, -0.2) is 16.1 Å². The lowest BCUT2D eigenvalue weighted by Crippen LogP contribution is -2.14. The number of hydrogen-bond acceptors (Lipinski definition) is 5. The molecule has 128 valence electrons. The zero-order valence-electron chi connectivity index (χ0n) is 12.5. The lowest BCUT2D eigenvalue weighted by atomic mass is 10.1. The monoisotopic (exact) mass is 364 g/mol. The van der Waals surface area contributed by atoms with Crippen molar-refractivity contribution in [2.24, 2.45) is 0 Å². The fraction of sp³-hybridized carbons (Fsp3) is 0.0625. The minimum absolute atomic E-state index is 0.00182. The predicted octanol–water partition coefficient (Wildman–Crippen LogP) is 4.06. The lowest BCUT2D eigenvalue weighted by molar-refractivity contribution is -0.136. The highest BCUT2D eigenvalue weighted by atomic mass is 32.1. The van der Waals surface area contributed by atoms with E-state index in [-0.39, 0.29) is 10.7 Å². The molecule has 9 heteroatoms. The van der Waals surface area contributed by atoms with Gasteiger partial charge >= 0.3 is 6.18 Å². The molecule has 3 aromatic rings. The highest BCUT2D eigenvalue weighted by Crippen LogP contribution is 2.34. The van der Waals surface area contributed by atoms with Crippen LogP contribution >= 0.6 is 11.3 Å². The zero-order chi connectivity index (χ0) is 18.0. The molecule has 0 saturated heterocycles. The van der Waals surface area contributed by atoms with Crippen molar-refractivity contribution in [2.45, 2.75) is 6.18 Å². The van der Waals surface area contributed by atoms with Gasteiger partial charge in [-0.1, -0.05) is 41.7 Å². The fourth-order valence-corrected chi connectivity index (χ4v) is 2.85. The van der Waals surface area contributed by atoms with E-state index in [2.05, 4.69) is 15.5 Å². The molecule has 0 bridgehead atoms. The van der Waals surface area contributed by atoms with Crippen molar-refractivity contribution in [3.05, 3.63) is 59.7 Å². The van der Waals surface area contributed by atoms with Gasteiger partial charge in [0, 0.05) is 16.8 Å². The standard InChI is InChI=1S/C16H11F3N4OS/c17-16(18,19)11-7-6-10(8-12(11)20)13(24)21-15-23-22-14(25-15)9-4-2-1-3-5-9/h1-8H,20H2,(H,21,23,24). The van der Waals surface area contributed by atoms with Crippen LogP contribution < -0.4 is 11.1 Å². The third-order valence-corrected chi connectivity index (χ3v) is 4.17. The van der Waals surface area contributed by atoms with Gasteiger partial charge in [0.05, 0.1) is 5.56 Å². The topological polar surface area (TPSA) is 80.9 Å². The average molecular weight is 364 g/mol. The largest absolute Gasteiger partial charge is 0.418 e. The maximum atomic E-state index is 12.7. The minimum Gasteiger partial charge on any atom is -0.398 e. The van der Waals surface area contributed by atoms with Crippen LogP contribution in [0.15, 0.2) is 48.5 Å². The third-order valence-electron chi connectivity index (χ3n) is 3.29. The highest BCUT2D eigenvalue weighted by molar-refractivity contribution is 7.18. The summed E-state index contributed by atoms with van der Waals surface area (Å²) >= 11 is 1.16. The first-order valence-corrected chi connectivity index (χ1v) is 7.83. The predicted molar refractivity (Wildman–Crippen MR) is 89.2 cm³/mol. The van der Waals surface area contributed by atoms with Gasteiger partial charge in [0.25, 0.3) is 5.91 Å². The summed E-state index contributed by atoms with van der Waals surface area (Å²) in [4.78, 5) is 12.2. The molecular formula is C16H11F3N4OS. The second-order valence-electron chi connectivity index (χ2n) is 5.03. The summed E-state index contributed by atoms with van der Waals surface area (Å²) in [5.41, 5.74) is 4.75. The smallest absolute Gasteiger partial charge is 0.398 e. The van der Waals surface area contributed by atoms with Gasteiger partial charge in [0.15, 0.2) is 0 Å². The van der Waals surface area contributed by atoms with Crippen molar-refractivity contribution in [2.75, 3.05) is 11.1 Å². The van der Waals surface area contributed by atoms with Gasteiger partial charge in [0.2, 0.25) is 5.13 Å². The molecule has 2 aromatic carbocycles. The molecule has 0 saturated carbocycles. The Morgan fingerprint density at radius 2 is 1.80 bits per heavy atom. The average Bonchev–Trinajstić information content (AvgIpc) is 3.03. The second-order valence-corrected chi connectivity index (χ2v) is 6.01. The van der Waals surface area contributed by atoms with E-state index in [9.17, 15) is 18.0 Å². The molecule has 0 aliphatic rings. The number of carbonyl (C=O) groups is 1. The van der Waals surface area contributed by atoms with Crippen molar-refractivity contribution in [3.63, 3.8) is 0 Å². The van der Waals surface area contributed by atoms with Crippen LogP contribution in [0.4, 0.5) is 24.0 Å². The van der Waals surface area contributed by atoms with Crippen molar-refractivity contribution >= 4 is 28.1 Å². The number of carbonyl (C=O) groups excluding carboxylic acids is 1. The van der Waals surface area contributed by atoms with Crippen LogP contribution in [0.5, 0.6) is 0 Å². The van der Waals surface area contributed by atoms with Crippen molar-refractivity contribution in [1.29, 1.82) is 0 Å². The van der Waals surface area contributed by atoms with Crippen LogP contribution in [0.3, 0.4) is 0 Å². The molecule has 5 nitrogen and oxygen atoms in total. The first-order valence-electron chi connectivity index (χ1n) is 7.01. The number of benzene rings is 2. The molecule has 0 aliphatic heterocycles. The maximum Gasteiger partial charge on any atom is 0.418 e. The number of alkyl halides is 3. The Labute approximate surface area is 144 Å². The molecule has 0 fully saturated rings. The normalized spacial score (nSPS) is 11.3. The third kappa shape index (κ3) is 3.77. The Morgan fingerprint density at radius 3 is 2.44 bits per heavy atom. The number of halogens is 3. The zero-order valence-corrected chi connectivity index (χ0v) is 13.4. The van der Waals surface area contributed by atoms with Crippen molar-refractivity contribution in [1.82, 2.24) is 10.2 Å². The Morgan fingerprint density at radius 1 is 1.08 bits per heavy atom. The fourth-order valence-electron chi connectivity index (χ4n) is 2.10. The molecule has 0 radical (unpaired) electrons. The first-order chi connectivity index (χ1) is 11.8. The van der Waals surface area contributed by atoms with Crippen molar-refractivity contribution in [3.8, 4) is 10.6 Å². The quantitative estimate of drug-likeness (QED) is 0.687. The van der Waals surface area contributed by atoms with E-state index in [1.54, 1.807) is 0 Å². The van der Waals surface area contributed by atoms with Gasteiger partial charge < -0.3 is 5.73 Å². The number of amides is 1. The van der Waals surface area contributed by atoms with Gasteiger partial charge in [-0.05, 0) is 18.2 Å². The number of nitrogens with one attached hydrogen (secondary N) is 1. The molecule has 0 unspecified atom stereocenters. The number of nitrogens with zero attached hydrogens (tertiary/aromatic N) is 2. The summed E-state index contributed by atoms with van der Waals surface area (Å²) in [7, 11) is 0. The van der Waals surface area contributed by atoms with Gasteiger partial charge in [-0.2, -0.15) is 13.2 Å². The van der Waals surface area contributed by atoms with Crippen LogP contribution in [0.2, 0.25) is 0 Å². The molecular weight excluding hydrogens is 353 g/mol.